The molecule has 0 amide bonds. The molecule has 1 nitrogen and oxygen atoms in total. The van der Waals surface area contributed by atoms with Gasteiger partial charge in [-0.2, -0.15) is 0 Å². The van der Waals surface area contributed by atoms with Gasteiger partial charge in [0.05, 0.1) is 0 Å². The maximum Gasteiger partial charge on any atom is 0.00671 e. The van der Waals surface area contributed by atoms with Crippen LogP contribution in [0.25, 0.3) is 0 Å². The summed E-state index contributed by atoms with van der Waals surface area (Å²) in [6.45, 7) is 3.70. The lowest BCUT2D eigenvalue weighted by atomic mass is 9.87. The van der Waals surface area contributed by atoms with Gasteiger partial charge in [0, 0.05) is 6.04 Å². The molecule has 0 saturated heterocycles. The van der Waals surface area contributed by atoms with Gasteiger partial charge in [-0.05, 0) is 44.1 Å². The SMILES string of the molecule is CC1CCCC(NCCC2CCCCC2)CC1. The van der Waals surface area contributed by atoms with Crippen molar-refractivity contribution in [3.8, 4) is 0 Å². The zero-order valence-electron chi connectivity index (χ0n) is 11.7. The Morgan fingerprint density at radius 1 is 0.824 bits per heavy atom. The fourth-order valence-corrected chi connectivity index (χ4v) is 3.66. The lowest BCUT2D eigenvalue weighted by Crippen LogP contribution is -2.30. The highest BCUT2D eigenvalue weighted by Crippen LogP contribution is 2.26. The van der Waals surface area contributed by atoms with Crippen molar-refractivity contribution in [2.24, 2.45) is 11.8 Å². The minimum Gasteiger partial charge on any atom is -0.314 e. The summed E-state index contributed by atoms with van der Waals surface area (Å²) >= 11 is 0. The molecule has 17 heavy (non-hydrogen) atoms. The summed E-state index contributed by atoms with van der Waals surface area (Å²) in [5.74, 6) is 2.01. The molecule has 2 saturated carbocycles. The molecule has 1 heteroatoms. The first-order valence-corrected chi connectivity index (χ1v) is 8.08. The molecule has 2 fully saturated rings. The van der Waals surface area contributed by atoms with E-state index >= 15 is 0 Å². The molecule has 0 bridgehead atoms. The Labute approximate surface area is 108 Å². The lowest BCUT2D eigenvalue weighted by molar-refractivity contribution is 0.323. The largest absolute Gasteiger partial charge is 0.314 e. The molecular formula is C16H31N. The molecule has 100 valence electrons. The second kappa shape index (κ2) is 7.41. The molecule has 2 aliphatic rings. The third kappa shape index (κ3) is 4.99. The minimum absolute atomic E-state index is 0.837. The predicted molar refractivity (Wildman–Crippen MR) is 75.2 cm³/mol. The average Bonchev–Trinajstić information content (AvgIpc) is 2.56. The van der Waals surface area contributed by atoms with Crippen molar-refractivity contribution in [2.75, 3.05) is 6.54 Å². The van der Waals surface area contributed by atoms with Crippen LogP contribution in [0.15, 0.2) is 0 Å². The molecule has 0 aromatic heterocycles. The van der Waals surface area contributed by atoms with Gasteiger partial charge in [-0.3, -0.25) is 0 Å². The van der Waals surface area contributed by atoms with Gasteiger partial charge in [0.15, 0.2) is 0 Å². The molecule has 0 aromatic rings. The molecule has 2 rings (SSSR count). The Balaban J connectivity index is 1.57. The van der Waals surface area contributed by atoms with E-state index in [1.807, 2.05) is 0 Å². The lowest BCUT2D eigenvalue weighted by Gasteiger charge is -2.23. The molecule has 2 unspecified atom stereocenters. The van der Waals surface area contributed by atoms with Crippen LogP contribution < -0.4 is 5.32 Å². The Morgan fingerprint density at radius 3 is 2.47 bits per heavy atom. The average molecular weight is 237 g/mol. The van der Waals surface area contributed by atoms with Crippen LogP contribution in [0.1, 0.15) is 77.6 Å². The van der Waals surface area contributed by atoms with E-state index in [1.165, 1.54) is 77.2 Å². The van der Waals surface area contributed by atoms with Crippen molar-refractivity contribution in [1.29, 1.82) is 0 Å². The van der Waals surface area contributed by atoms with Crippen LogP contribution in [0.5, 0.6) is 0 Å². The molecular weight excluding hydrogens is 206 g/mol. The topological polar surface area (TPSA) is 12.0 Å². The zero-order valence-corrected chi connectivity index (χ0v) is 11.7. The number of hydrogen-bond donors (Lipinski definition) is 1. The summed E-state index contributed by atoms with van der Waals surface area (Å²) in [6, 6.07) is 0.837. The maximum absolute atomic E-state index is 3.83. The first-order chi connectivity index (χ1) is 8.34. The summed E-state index contributed by atoms with van der Waals surface area (Å²) in [5, 5.41) is 3.83. The number of rotatable bonds is 4. The molecule has 0 aliphatic heterocycles. The molecule has 0 radical (unpaired) electrons. The smallest absolute Gasteiger partial charge is 0.00671 e. The third-order valence-corrected chi connectivity index (χ3v) is 4.97. The Morgan fingerprint density at radius 2 is 1.65 bits per heavy atom. The first kappa shape index (κ1) is 13.4. The fraction of sp³-hybridized carbons (Fsp3) is 1.00. The van der Waals surface area contributed by atoms with E-state index in [4.69, 9.17) is 0 Å². The standard InChI is InChI=1S/C16H31N/c1-14-6-5-9-16(11-10-14)17-13-12-15-7-3-2-4-8-15/h14-17H,2-13H2,1H3. The zero-order chi connectivity index (χ0) is 11.9. The van der Waals surface area contributed by atoms with Crippen LogP contribution in [0, 0.1) is 11.8 Å². The van der Waals surface area contributed by atoms with E-state index in [0.29, 0.717) is 0 Å². The number of hydrogen-bond acceptors (Lipinski definition) is 1. The monoisotopic (exact) mass is 237 g/mol. The van der Waals surface area contributed by atoms with Crippen molar-refractivity contribution in [3.63, 3.8) is 0 Å². The Kier molecular flexibility index (Phi) is 5.84. The summed E-state index contributed by atoms with van der Waals surface area (Å²) in [4.78, 5) is 0. The van der Waals surface area contributed by atoms with E-state index in [2.05, 4.69) is 12.2 Å². The van der Waals surface area contributed by atoms with Gasteiger partial charge in [0.2, 0.25) is 0 Å². The molecule has 1 N–H and O–H groups in total. The van der Waals surface area contributed by atoms with E-state index in [-0.39, 0.29) is 0 Å². The highest BCUT2D eigenvalue weighted by Gasteiger charge is 2.17. The normalized spacial score (nSPS) is 32.3. The van der Waals surface area contributed by atoms with Crippen LogP contribution in [0.4, 0.5) is 0 Å². The van der Waals surface area contributed by atoms with Gasteiger partial charge in [-0.15, -0.1) is 0 Å². The number of nitrogens with one attached hydrogen (secondary N) is 1. The Bertz CT molecular complexity index is 196. The summed E-state index contributed by atoms with van der Waals surface area (Å²) in [6.07, 6.45) is 16.1. The fourth-order valence-electron chi connectivity index (χ4n) is 3.66. The minimum atomic E-state index is 0.837. The molecule has 0 heterocycles. The Hall–Kier alpha value is -0.0400. The highest BCUT2D eigenvalue weighted by atomic mass is 14.9. The van der Waals surface area contributed by atoms with Crippen LogP contribution in [-0.4, -0.2) is 12.6 Å². The van der Waals surface area contributed by atoms with Gasteiger partial charge >= 0.3 is 0 Å². The molecule has 2 aliphatic carbocycles. The molecule has 0 aromatic carbocycles. The van der Waals surface area contributed by atoms with Crippen molar-refractivity contribution in [3.05, 3.63) is 0 Å². The molecule has 2 atom stereocenters. The second-order valence-corrected chi connectivity index (χ2v) is 6.56. The van der Waals surface area contributed by atoms with Gasteiger partial charge in [-0.25, -0.2) is 0 Å². The van der Waals surface area contributed by atoms with Gasteiger partial charge in [0.1, 0.15) is 0 Å². The van der Waals surface area contributed by atoms with E-state index in [0.717, 1.165) is 17.9 Å². The van der Waals surface area contributed by atoms with E-state index < -0.39 is 0 Å². The molecule has 0 spiro atoms. The predicted octanol–water partition coefficient (Wildman–Crippen LogP) is 4.52. The quantitative estimate of drug-likeness (QED) is 0.709. The van der Waals surface area contributed by atoms with Crippen molar-refractivity contribution in [2.45, 2.75) is 83.6 Å². The van der Waals surface area contributed by atoms with Crippen molar-refractivity contribution in [1.82, 2.24) is 5.32 Å². The second-order valence-electron chi connectivity index (χ2n) is 6.56. The van der Waals surface area contributed by atoms with Crippen molar-refractivity contribution >= 4 is 0 Å². The first-order valence-electron chi connectivity index (χ1n) is 8.08. The summed E-state index contributed by atoms with van der Waals surface area (Å²) in [5.41, 5.74) is 0. The summed E-state index contributed by atoms with van der Waals surface area (Å²) < 4.78 is 0. The van der Waals surface area contributed by atoms with Crippen LogP contribution in [-0.2, 0) is 0 Å². The van der Waals surface area contributed by atoms with Gasteiger partial charge in [0.25, 0.3) is 0 Å². The van der Waals surface area contributed by atoms with Crippen molar-refractivity contribution < 1.29 is 0 Å². The van der Waals surface area contributed by atoms with Crippen LogP contribution in [0.3, 0.4) is 0 Å². The van der Waals surface area contributed by atoms with Gasteiger partial charge in [-0.1, -0.05) is 51.9 Å². The third-order valence-electron chi connectivity index (χ3n) is 4.97. The van der Waals surface area contributed by atoms with Crippen LogP contribution in [0.2, 0.25) is 0 Å². The van der Waals surface area contributed by atoms with E-state index in [1.54, 1.807) is 0 Å². The van der Waals surface area contributed by atoms with E-state index in [9.17, 15) is 0 Å². The summed E-state index contributed by atoms with van der Waals surface area (Å²) in [7, 11) is 0. The maximum atomic E-state index is 3.83. The highest BCUT2D eigenvalue weighted by molar-refractivity contribution is 4.74. The van der Waals surface area contributed by atoms with Crippen LogP contribution >= 0.6 is 0 Å². The van der Waals surface area contributed by atoms with Gasteiger partial charge < -0.3 is 5.32 Å².